The molecule has 0 aliphatic rings. The van der Waals surface area contributed by atoms with Gasteiger partial charge in [-0.05, 0) is 42.8 Å². The molecule has 7 nitrogen and oxygen atoms in total. The predicted molar refractivity (Wildman–Crippen MR) is 110 cm³/mol. The molecule has 0 bridgehead atoms. The lowest BCUT2D eigenvalue weighted by Gasteiger charge is -2.16. The highest BCUT2D eigenvalue weighted by Crippen LogP contribution is 2.34. The molecule has 29 heavy (non-hydrogen) atoms. The minimum Gasteiger partial charge on any atom is -0.497 e. The van der Waals surface area contributed by atoms with Crippen LogP contribution in [-0.2, 0) is 9.59 Å². The fraction of sp³-hybridized carbons (Fsp3) is 0.364. The Labute approximate surface area is 170 Å². The number of benzene rings is 2. The van der Waals surface area contributed by atoms with E-state index in [1.807, 2.05) is 6.92 Å². The first kappa shape index (κ1) is 22.1. The van der Waals surface area contributed by atoms with Crippen LogP contribution in [0.2, 0.25) is 0 Å². The molecule has 1 atom stereocenters. The van der Waals surface area contributed by atoms with Gasteiger partial charge in [0, 0.05) is 6.07 Å². The number of carboxylic acid groups (broad SMARTS) is 1. The van der Waals surface area contributed by atoms with Crippen molar-refractivity contribution in [1.82, 2.24) is 0 Å². The molecular formula is C22H27NO6. The summed E-state index contributed by atoms with van der Waals surface area (Å²) in [7, 11) is 3.10. The smallest absolute Gasteiger partial charge is 0.316 e. The Balaban J connectivity index is 2.21. The number of aliphatic carboxylic acids is 1. The Bertz CT molecular complexity index is 819. The number of nitrogens with one attached hydrogen (secondary N) is 1. The Kier molecular flexibility index (Phi) is 8.33. The van der Waals surface area contributed by atoms with Gasteiger partial charge in [0.15, 0.2) is 5.75 Å². The molecule has 1 amide bonds. The molecule has 2 N–H and O–H groups in total. The van der Waals surface area contributed by atoms with Crippen molar-refractivity contribution in [2.45, 2.75) is 32.6 Å². The molecule has 0 fully saturated rings. The van der Waals surface area contributed by atoms with Crippen molar-refractivity contribution in [3.8, 4) is 23.0 Å². The summed E-state index contributed by atoms with van der Waals surface area (Å²) in [5, 5.41) is 12.1. The Hall–Kier alpha value is -3.22. The van der Waals surface area contributed by atoms with Crippen LogP contribution in [0.4, 0.5) is 5.69 Å². The first-order chi connectivity index (χ1) is 14.0. The van der Waals surface area contributed by atoms with E-state index in [4.69, 9.17) is 14.2 Å². The summed E-state index contributed by atoms with van der Waals surface area (Å²) in [5.74, 6) is -0.703. The summed E-state index contributed by atoms with van der Waals surface area (Å²) in [5.41, 5.74) is 0.369. The van der Waals surface area contributed by atoms with Crippen LogP contribution in [0.25, 0.3) is 0 Å². The van der Waals surface area contributed by atoms with Gasteiger partial charge < -0.3 is 24.6 Å². The van der Waals surface area contributed by atoms with Crippen molar-refractivity contribution in [3.05, 3.63) is 42.5 Å². The number of rotatable bonds is 11. The first-order valence-electron chi connectivity index (χ1n) is 9.52. The summed E-state index contributed by atoms with van der Waals surface area (Å²) >= 11 is 0. The van der Waals surface area contributed by atoms with Gasteiger partial charge in [-0.1, -0.05) is 26.2 Å². The van der Waals surface area contributed by atoms with Crippen molar-refractivity contribution in [1.29, 1.82) is 0 Å². The summed E-state index contributed by atoms with van der Waals surface area (Å²) in [4.78, 5) is 24.1. The second-order valence-corrected chi connectivity index (χ2v) is 6.52. The average molecular weight is 401 g/mol. The van der Waals surface area contributed by atoms with Crippen LogP contribution in [0, 0.1) is 5.92 Å². The number of amides is 1. The Morgan fingerprint density at radius 3 is 2.17 bits per heavy atom. The van der Waals surface area contributed by atoms with Crippen LogP contribution in [0.5, 0.6) is 23.0 Å². The van der Waals surface area contributed by atoms with Crippen LogP contribution < -0.4 is 19.5 Å². The van der Waals surface area contributed by atoms with Crippen LogP contribution in [-0.4, -0.2) is 31.2 Å². The van der Waals surface area contributed by atoms with Crippen molar-refractivity contribution in [2.75, 3.05) is 19.5 Å². The molecule has 0 spiro atoms. The van der Waals surface area contributed by atoms with E-state index in [0.717, 1.165) is 12.8 Å². The van der Waals surface area contributed by atoms with Gasteiger partial charge >= 0.3 is 5.97 Å². The standard InChI is InChI=1S/C22H27NO6/c1-4-5-6-7-18(22(25)26)21(24)23-19-13-12-17(28-3)14-20(19)29-16-10-8-15(27-2)9-11-16/h8-14,18H,4-7H2,1-3H3,(H,23,24)(H,25,26). The summed E-state index contributed by atoms with van der Waals surface area (Å²) in [6, 6.07) is 11.9. The fourth-order valence-corrected chi connectivity index (χ4v) is 2.77. The van der Waals surface area contributed by atoms with Crippen molar-refractivity contribution in [2.24, 2.45) is 5.92 Å². The quantitative estimate of drug-likeness (QED) is 0.418. The third kappa shape index (κ3) is 6.41. The van der Waals surface area contributed by atoms with E-state index < -0.39 is 17.8 Å². The second-order valence-electron chi connectivity index (χ2n) is 6.52. The number of methoxy groups -OCH3 is 2. The normalized spacial score (nSPS) is 11.4. The molecule has 0 aliphatic heterocycles. The molecule has 0 aromatic heterocycles. The number of carbonyl (C=O) groups excluding carboxylic acids is 1. The maximum Gasteiger partial charge on any atom is 0.316 e. The topological polar surface area (TPSA) is 94.1 Å². The Morgan fingerprint density at radius 2 is 1.59 bits per heavy atom. The van der Waals surface area contributed by atoms with Gasteiger partial charge in [-0.15, -0.1) is 0 Å². The van der Waals surface area contributed by atoms with Crippen LogP contribution in [0.1, 0.15) is 32.6 Å². The fourth-order valence-electron chi connectivity index (χ4n) is 2.77. The highest BCUT2D eigenvalue weighted by Gasteiger charge is 2.26. The van der Waals surface area contributed by atoms with Crippen molar-refractivity contribution < 1.29 is 28.9 Å². The minimum atomic E-state index is -1.13. The molecule has 0 saturated carbocycles. The third-order valence-electron chi connectivity index (χ3n) is 4.44. The van der Waals surface area contributed by atoms with Crippen molar-refractivity contribution >= 4 is 17.6 Å². The average Bonchev–Trinajstić information content (AvgIpc) is 2.72. The number of ether oxygens (including phenoxy) is 3. The molecule has 7 heteroatoms. The molecular weight excluding hydrogens is 374 g/mol. The van der Waals surface area contributed by atoms with E-state index >= 15 is 0 Å². The number of carboxylic acids is 1. The molecule has 0 aliphatic carbocycles. The maximum absolute atomic E-state index is 12.6. The lowest BCUT2D eigenvalue weighted by molar-refractivity contribution is -0.145. The highest BCUT2D eigenvalue weighted by atomic mass is 16.5. The van der Waals surface area contributed by atoms with Crippen LogP contribution in [0.15, 0.2) is 42.5 Å². The molecule has 1 unspecified atom stereocenters. The second kappa shape index (κ2) is 10.9. The van der Waals surface area contributed by atoms with Gasteiger partial charge in [-0.25, -0.2) is 0 Å². The monoisotopic (exact) mass is 401 g/mol. The molecule has 2 rings (SSSR count). The van der Waals surface area contributed by atoms with Crippen LogP contribution in [0.3, 0.4) is 0 Å². The van der Waals surface area contributed by atoms with Crippen molar-refractivity contribution in [3.63, 3.8) is 0 Å². The number of unbranched alkanes of at least 4 members (excludes halogenated alkanes) is 2. The lowest BCUT2D eigenvalue weighted by atomic mass is 10.0. The first-order valence-corrected chi connectivity index (χ1v) is 9.52. The maximum atomic E-state index is 12.6. The van der Waals surface area contributed by atoms with E-state index in [1.54, 1.807) is 49.6 Å². The van der Waals surface area contributed by atoms with Gasteiger partial charge in [0.2, 0.25) is 5.91 Å². The minimum absolute atomic E-state index is 0.291. The lowest BCUT2D eigenvalue weighted by Crippen LogP contribution is -2.29. The molecule has 0 heterocycles. The van der Waals surface area contributed by atoms with Gasteiger partial charge in [-0.2, -0.15) is 0 Å². The number of hydrogen-bond acceptors (Lipinski definition) is 5. The zero-order valence-electron chi connectivity index (χ0n) is 16.9. The third-order valence-corrected chi connectivity index (χ3v) is 4.44. The largest absolute Gasteiger partial charge is 0.497 e. The molecule has 156 valence electrons. The SMILES string of the molecule is CCCCCC(C(=O)O)C(=O)Nc1ccc(OC)cc1Oc1ccc(OC)cc1. The van der Waals surface area contributed by atoms with E-state index in [-0.39, 0.29) is 0 Å². The predicted octanol–water partition coefficient (Wildman–Crippen LogP) is 4.72. The molecule has 0 saturated heterocycles. The van der Waals surface area contributed by atoms with E-state index in [9.17, 15) is 14.7 Å². The van der Waals surface area contributed by atoms with Gasteiger partial charge in [0.1, 0.15) is 23.2 Å². The summed E-state index contributed by atoms with van der Waals surface area (Å²) in [6.45, 7) is 2.02. The summed E-state index contributed by atoms with van der Waals surface area (Å²) in [6.07, 6.45) is 2.80. The molecule has 0 radical (unpaired) electrons. The van der Waals surface area contributed by atoms with E-state index in [0.29, 0.717) is 41.5 Å². The zero-order valence-corrected chi connectivity index (χ0v) is 16.9. The van der Waals surface area contributed by atoms with Gasteiger partial charge in [0.25, 0.3) is 0 Å². The van der Waals surface area contributed by atoms with Crippen LogP contribution >= 0.6 is 0 Å². The highest BCUT2D eigenvalue weighted by molar-refractivity contribution is 6.04. The van der Waals surface area contributed by atoms with Gasteiger partial charge in [0.05, 0.1) is 19.9 Å². The molecule has 2 aromatic rings. The molecule has 2 aromatic carbocycles. The van der Waals surface area contributed by atoms with Gasteiger partial charge in [-0.3, -0.25) is 9.59 Å². The number of hydrogen-bond donors (Lipinski definition) is 2. The Morgan fingerprint density at radius 1 is 0.966 bits per heavy atom. The number of anilines is 1. The van der Waals surface area contributed by atoms with E-state index in [1.165, 1.54) is 7.11 Å². The number of carbonyl (C=O) groups is 2. The summed E-state index contributed by atoms with van der Waals surface area (Å²) < 4.78 is 16.3. The van der Waals surface area contributed by atoms with E-state index in [2.05, 4.69) is 5.32 Å². The zero-order chi connectivity index (χ0) is 21.2.